The van der Waals surface area contributed by atoms with Crippen LogP contribution in [0.2, 0.25) is 0 Å². The Bertz CT molecular complexity index is 382. The number of nitrogens with one attached hydrogen (secondary N) is 2. The van der Waals surface area contributed by atoms with E-state index in [0.29, 0.717) is 6.54 Å². The number of rotatable bonds is 6. The third-order valence-electron chi connectivity index (χ3n) is 3.05. The Morgan fingerprint density at radius 1 is 1.41 bits per heavy atom. The predicted molar refractivity (Wildman–Crippen MR) is 69.9 cm³/mol. The van der Waals surface area contributed by atoms with E-state index in [1.807, 2.05) is 6.92 Å². The molecule has 0 bridgehead atoms. The van der Waals surface area contributed by atoms with Crippen LogP contribution in [0, 0.1) is 13.8 Å². The minimum Gasteiger partial charge on any atom is -0.355 e. The molecule has 0 fully saturated rings. The number of nitrogens with zero attached hydrogens (tertiary/aromatic N) is 1. The topological polar surface area (TPSA) is 46.1 Å². The van der Waals surface area contributed by atoms with Crippen LogP contribution in [0.25, 0.3) is 0 Å². The van der Waals surface area contributed by atoms with Crippen LogP contribution in [0.4, 0.5) is 0 Å². The smallest absolute Gasteiger partial charge is 0.233 e. The summed E-state index contributed by atoms with van der Waals surface area (Å²) in [5.41, 5.74) is 3.76. The van der Waals surface area contributed by atoms with Crippen molar-refractivity contribution in [3.05, 3.63) is 23.0 Å². The van der Waals surface area contributed by atoms with Gasteiger partial charge in [0, 0.05) is 31.5 Å². The number of aromatic nitrogens is 1. The second kappa shape index (κ2) is 6.45. The fourth-order valence-corrected chi connectivity index (χ4v) is 1.75. The van der Waals surface area contributed by atoms with Crippen LogP contribution < -0.4 is 10.6 Å². The monoisotopic (exact) mass is 237 g/mol. The Kier molecular flexibility index (Phi) is 5.22. The van der Waals surface area contributed by atoms with Gasteiger partial charge in [-0.1, -0.05) is 6.92 Å². The van der Waals surface area contributed by atoms with Crippen LogP contribution in [0.15, 0.2) is 6.07 Å². The molecule has 96 valence electrons. The fraction of sp³-hybridized carbons (Fsp3) is 0.615. The van der Waals surface area contributed by atoms with E-state index in [0.717, 1.165) is 19.5 Å². The van der Waals surface area contributed by atoms with Crippen molar-refractivity contribution < 1.29 is 4.79 Å². The maximum atomic E-state index is 11.4. The average molecular weight is 237 g/mol. The second-order valence-electron chi connectivity index (χ2n) is 4.41. The van der Waals surface area contributed by atoms with Gasteiger partial charge in [-0.25, -0.2) is 0 Å². The molecule has 4 nitrogen and oxygen atoms in total. The van der Waals surface area contributed by atoms with E-state index in [2.05, 4.69) is 42.2 Å². The van der Waals surface area contributed by atoms with Crippen molar-refractivity contribution in [3.8, 4) is 0 Å². The molecule has 0 radical (unpaired) electrons. The summed E-state index contributed by atoms with van der Waals surface area (Å²) in [6, 6.07) is 2.16. The molecule has 1 amide bonds. The Hall–Kier alpha value is -1.29. The minimum atomic E-state index is 0.0668. The average Bonchev–Trinajstić information content (AvgIpc) is 2.54. The summed E-state index contributed by atoms with van der Waals surface area (Å²) in [6.07, 6.45) is 0.975. The van der Waals surface area contributed by atoms with Crippen molar-refractivity contribution in [2.24, 2.45) is 7.05 Å². The highest BCUT2D eigenvalue weighted by atomic mass is 16.1. The van der Waals surface area contributed by atoms with E-state index in [4.69, 9.17) is 0 Å². The van der Waals surface area contributed by atoms with Gasteiger partial charge >= 0.3 is 0 Å². The van der Waals surface area contributed by atoms with Gasteiger partial charge in [0.2, 0.25) is 5.91 Å². The molecule has 0 saturated carbocycles. The molecule has 0 spiro atoms. The maximum Gasteiger partial charge on any atom is 0.233 e. The van der Waals surface area contributed by atoms with Crippen molar-refractivity contribution in [1.82, 2.24) is 15.2 Å². The van der Waals surface area contributed by atoms with Crippen molar-refractivity contribution in [2.75, 3.05) is 13.1 Å². The summed E-state index contributed by atoms with van der Waals surface area (Å²) >= 11 is 0. The predicted octanol–water partition coefficient (Wildman–Crippen LogP) is 1.26. The summed E-state index contributed by atoms with van der Waals surface area (Å²) in [5.74, 6) is 0.0668. The molecule has 0 saturated heterocycles. The van der Waals surface area contributed by atoms with Gasteiger partial charge in [-0.3, -0.25) is 4.79 Å². The zero-order valence-corrected chi connectivity index (χ0v) is 11.3. The van der Waals surface area contributed by atoms with E-state index in [-0.39, 0.29) is 5.91 Å². The number of aryl methyl sites for hydroxylation is 1. The van der Waals surface area contributed by atoms with Crippen molar-refractivity contribution >= 4 is 5.91 Å². The Balaban J connectivity index is 2.36. The maximum absolute atomic E-state index is 11.4. The molecule has 4 heteroatoms. The first-order chi connectivity index (χ1) is 8.06. The van der Waals surface area contributed by atoms with Gasteiger partial charge in [-0.15, -0.1) is 0 Å². The summed E-state index contributed by atoms with van der Waals surface area (Å²) in [7, 11) is 2.06. The van der Waals surface area contributed by atoms with E-state index < -0.39 is 0 Å². The van der Waals surface area contributed by atoms with Crippen LogP contribution in [0.5, 0.6) is 0 Å². The van der Waals surface area contributed by atoms with E-state index in [9.17, 15) is 4.79 Å². The van der Waals surface area contributed by atoms with Crippen molar-refractivity contribution in [3.63, 3.8) is 0 Å². The molecule has 1 aromatic rings. The number of carbonyl (C=O) groups is 1. The highest BCUT2D eigenvalue weighted by molar-refractivity contribution is 5.77. The molecule has 0 aliphatic carbocycles. The summed E-state index contributed by atoms with van der Waals surface area (Å²) in [4.78, 5) is 11.4. The molecule has 1 rings (SSSR count). The van der Waals surface area contributed by atoms with Crippen LogP contribution >= 0.6 is 0 Å². The largest absolute Gasteiger partial charge is 0.355 e. The van der Waals surface area contributed by atoms with Crippen molar-refractivity contribution in [1.29, 1.82) is 0 Å². The van der Waals surface area contributed by atoms with Gasteiger partial charge < -0.3 is 15.2 Å². The summed E-state index contributed by atoms with van der Waals surface area (Å²) < 4.78 is 2.16. The lowest BCUT2D eigenvalue weighted by atomic mass is 10.2. The van der Waals surface area contributed by atoms with Crippen LogP contribution in [0.3, 0.4) is 0 Å². The molecular weight excluding hydrogens is 214 g/mol. The number of hydrogen-bond donors (Lipinski definition) is 2. The standard InChI is InChI=1S/C13H23N3O/c1-5-6-15-13(17)9-14-8-12-7-10(2)16(4)11(12)3/h7,14H,5-6,8-9H2,1-4H3,(H,15,17). The molecule has 0 atom stereocenters. The number of amides is 1. The lowest BCUT2D eigenvalue weighted by Crippen LogP contribution is -2.34. The van der Waals surface area contributed by atoms with Gasteiger partial charge in [-0.2, -0.15) is 0 Å². The zero-order chi connectivity index (χ0) is 12.8. The summed E-state index contributed by atoms with van der Waals surface area (Å²) in [6.45, 7) is 8.11. The van der Waals surface area contributed by atoms with Gasteiger partial charge in [-0.05, 0) is 31.9 Å². The van der Waals surface area contributed by atoms with Crippen molar-refractivity contribution in [2.45, 2.75) is 33.7 Å². The lowest BCUT2D eigenvalue weighted by Gasteiger charge is -2.06. The Morgan fingerprint density at radius 2 is 2.12 bits per heavy atom. The van der Waals surface area contributed by atoms with Crippen LogP contribution in [0.1, 0.15) is 30.3 Å². The summed E-state index contributed by atoms with van der Waals surface area (Å²) in [5, 5.41) is 6.01. The highest BCUT2D eigenvalue weighted by Gasteiger charge is 2.06. The van der Waals surface area contributed by atoms with E-state index >= 15 is 0 Å². The normalized spacial score (nSPS) is 10.6. The van der Waals surface area contributed by atoms with Crippen LogP contribution in [-0.4, -0.2) is 23.6 Å². The molecule has 2 N–H and O–H groups in total. The van der Waals surface area contributed by atoms with Gasteiger partial charge in [0.1, 0.15) is 0 Å². The zero-order valence-electron chi connectivity index (χ0n) is 11.3. The molecule has 0 aliphatic rings. The lowest BCUT2D eigenvalue weighted by molar-refractivity contribution is -0.120. The molecule has 0 unspecified atom stereocenters. The number of carbonyl (C=O) groups excluding carboxylic acids is 1. The molecule has 17 heavy (non-hydrogen) atoms. The molecular formula is C13H23N3O. The van der Waals surface area contributed by atoms with Gasteiger partial charge in [0.15, 0.2) is 0 Å². The van der Waals surface area contributed by atoms with Crippen LogP contribution in [-0.2, 0) is 18.4 Å². The molecule has 0 aromatic carbocycles. The van der Waals surface area contributed by atoms with E-state index in [1.165, 1.54) is 17.0 Å². The first-order valence-electron chi connectivity index (χ1n) is 6.15. The first kappa shape index (κ1) is 13.8. The fourth-order valence-electron chi connectivity index (χ4n) is 1.75. The molecule has 0 aliphatic heterocycles. The van der Waals surface area contributed by atoms with Gasteiger partial charge in [0.25, 0.3) is 0 Å². The number of hydrogen-bond acceptors (Lipinski definition) is 2. The quantitative estimate of drug-likeness (QED) is 0.782. The highest BCUT2D eigenvalue weighted by Crippen LogP contribution is 2.12. The van der Waals surface area contributed by atoms with E-state index in [1.54, 1.807) is 0 Å². The minimum absolute atomic E-state index is 0.0668. The molecule has 1 heterocycles. The van der Waals surface area contributed by atoms with Gasteiger partial charge in [0.05, 0.1) is 6.54 Å². The third-order valence-corrected chi connectivity index (χ3v) is 3.05. The first-order valence-corrected chi connectivity index (χ1v) is 6.15. The Morgan fingerprint density at radius 3 is 2.65 bits per heavy atom. The SMILES string of the molecule is CCCNC(=O)CNCc1cc(C)n(C)c1C. The molecule has 1 aromatic heterocycles. The third kappa shape index (κ3) is 3.89. The Labute approximate surface area is 103 Å². The second-order valence-corrected chi connectivity index (χ2v) is 4.41.